The minimum atomic E-state index is 0.233. The van der Waals surface area contributed by atoms with Crippen LogP contribution in [0.5, 0.6) is 0 Å². The van der Waals surface area contributed by atoms with E-state index in [-0.39, 0.29) is 5.56 Å². The van der Waals surface area contributed by atoms with Crippen LogP contribution in [0.15, 0.2) is 40.3 Å². The molecular weight excluding hydrogens is 396 g/mol. The van der Waals surface area contributed by atoms with Gasteiger partial charge < -0.3 is 0 Å². The van der Waals surface area contributed by atoms with Gasteiger partial charge in [0.15, 0.2) is 5.16 Å². The molecule has 2 aromatic heterocycles. The summed E-state index contributed by atoms with van der Waals surface area (Å²) in [6, 6.07) is 10.8. The minimum absolute atomic E-state index is 0.233. The molecule has 3 aromatic rings. The molecule has 1 aromatic carbocycles. The molecule has 0 N–H and O–H groups in total. The van der Waals surface area contributed by atoms with Crippen molar-refractivity contribution < 1.29 is 0 Å². The first-order valence-corrected chi connectivity index (χ1v) is 12.8. The summed E-state index contributed by atoms with van der Waals surface area (Å²) in [5.74, 6) is 0.858. The Bertz CT molecular complexity index is 1050. The zero-order chi connectivity index (χ0) is 19.6. The lowest BCUT2D eigenvalue weighted by Crippen LogP contribution is -2.29. The highest BCUT2D eigenvalue weighted by Crippen LogP contribution is 2.37. The number of aromatic nitrogens is 2. The summed E-state index contributed by atoms with van der Waals surface area (Å²) in [5.41, 5.74) is 2.84. The normalized spacial score (nSPS) is 17.9. The van der Waals surface area contributed by atoms with E-state index in [4.69, 9.17) is 4.98 Å². The van der Waals surface area contributed by atoms with Crippen molar-refractivity contribution in [2.75, 3.05) is 0 Å². The van der Waals surface area contributed by atoms with Gasteiger partial charge in [0.05, 0.1) is 5.39 Å². The second-order valence-corrected chi connectivity index (χ2v) is 10.4. The number of fused-ring (bicyclic) bond motifs is 3. The van der Waals surface area contributed by atoms with Crippen LogP contribution >= 0.6 is 23.1 Å². The molecular formula is C24H28N2OS2. The molecule has 152 valence electrons. The lowest BCUT2D eigenvalue weighted by atomic mass is 9.95. The van der Waals surface area contributed by atoms with E-state index in [9.17, 15) is 4.79 Å². The zero-order valence-electron chi connectivity index (χ0n) is 16.9. The van der Waals surface area contributed by atoms with Crippen molar-refractivity contribution in [3.05, 3.63) is 56.7 Å². The molecule has 0 atom stereocenters. The standard InChI is InChI=1S/C24H28N2OS2/c27-23-21-19-14-8-3-9-15-20(19)29-22(21)25-24(26(23)18-12-6-2-7-13-18)28-16-17-10-4-1-5-11-17/h1,4-5,10-11,18H,2-3,6-9,12-16H2. The van der Waals surface area contributed by atoms with Crippen molar-refractivity contribution in [1.29, 1.82) is 0 Å². The predicted octanol–water partition coefficient (Wildman–Crippen LogP) is 6.52. The van der Waals surface area contributed by atoms with Crippen molar-refractivity contribution in [1.82, 2.24) is 9.55 Å². The second-order valence-electron chi connectivity index (χ2n) is 8.38. The highest BCUT2D eigenvalue weighted by Gasteiger charge is 2.25. The van der Waals surface area contributed by atoms with Crippen LogP contribution in [-0.2, 0) is 18.6 Å². The fourth-order valence-electron chi connectivity index (χ4n) is 4.86. The van der Waals surface area contributed by atoms with Gasteiger partial charge in [-0.2, -0.15) is 0 Å². The summed E-state index contributed by atoms with van der Waals surface area (Å²) >= 11 is 3.51. The Morgan fingerprint density at radius 1 is 1.00 bits per heavy atom. The maximum atomic E-state index is 13.8. The van der Waals surface area contributed by atoms with Gasteiger partial charge in [0.2, 0.25) is 0 Å². The Labute approximate surface area is 180 Å². The molecule has 2 aliphatic carbocycles. The topological polar surface area (TPSA) is 34.9 Å². The summed E-state index contributed by atoms with van der Waals surface area (Å²) in [6.07, 6.45) is 11.8. The van der Waals surface area contributed by atoms with E-state index < -0.39 is 0 Å². The molecule has 0 saturated heterocycles. The number of thiophene rings is 1. The van der Waals surface area contributed by atoms with Gasteiger partial charge in [0.25, 0.3) is 5.56 Å². The number of hydrogen-bond donors (Lipinski definition) is 0. The highest BCUT2D eigenvalue weighted by atomic mass is 32.2. The van der Waals surface area contributed by atoms with E-state index in [0.717, 1.165) is 46.8 Å². The molecule has 29 heavy (non-hydrogen) atoms. The third kappa shape index (κ3) is 3.91. The monoisotopic (exact) mass is 424 g/mol. The Morgan fingerprint density at radius 2 is 1.76 bits per heavy atom. The Morgan fingerprint density at radius 3 is 2.59 bits per heavy atom. The van der Waals surface area contributed by atoms with Crippen LogP contribution in [0.3, 0.4) is 0 Å². The van der Waals surface area contributed by atoms with Gasteiger partial charge in [0.1, 0.15) is 4.83 Å². The number of hydrogen-bond acceptors (Lipinski definition) is 4. The smallest absolute Gasteiger partial charge is 0.263 e. The number of nitrogens with zero attached hydrogens (tertiary/aromatic N) is 2. The number of benzene rings is 1. The SMILES string of the molecule is O=c1c2c3c(sc2nc(SCc2ccccc2)n1C1CCCCC1)CCCCC3. The van der Waals surface area contributed by atoms with Crippen LogP contribution in [0, 0.1) is 0 Å². The van der Waals surface area contributed by atoms with E-state index in [1.165, 1.54) is 54.5 Å². The van der Waals surface area contributed by atoms with Crippen LogP contribution in [0.1, 0.15) is 73.4 Å². The summed E-state index contributed by atoms with van der Waals surface area (Å²) < 4.78 is 2.09. The molecule has 2 heterocycles. The highest BCUT2D eigenvalue weighted by molar-refractivity contribution is 7.98. The molecule has 0 aliphatic heterocycles. The predicted molar refractivity (Wildman–Crippen MR) is 123 cm³/mol. The Kier molecular flexibility index (Phi) is 5.78. The first kappa shape index (κ1) is 19.4. The fraction of sp³-hybridized carbons (Fsp3) is 0.500. The van der Waals surface area contributed by atoms with Crippen molar-refractivity contribution in [2.45, 2.75) is 81.2 Å². The van der Waals surface area contributed by atoms with Crippen molar-refractivity contribution in [3.8, 4) is 0 Å². The number of aryl methyl sites for hydroxylation is 2. The van der Waals surface area contributed by atoms with Gasteiger partial charge in [0, 0.05) is 16.7 Å². The van der Waals surface area contributed by atoms with Crippen LogP contribution in [0.25, 0.3) is 10.2 Å². The van der Waals surface area contributed by atoms with Gasteiger partial charge in [-0.3, -0.25) is 9.36 Å². The van der Waals surface area contributed by atoms with Crippen molar-refractivity contribution in [3.63, 3.8) is 0 Å². The third-order valence-electron chi connectivity index (χ3n) is 6.39. The fourth-order valence-corrected chi connectivity index (χ4v) is 7.19. The lowest BCUT2D eigenvalue weighted by Gasteiger charge is -2.26. The lowest BCUT2D eigenvalue weighted by molar-refractivity contribution is 0.326. The van der Waals surface area contributed by atoms with Crippen LogP contribution in [-0.4, -0.2) is 9.55 Å². The van der Waals surface area contributed by atoms with Crippen LogP contribution in [0.4, 0.5) is 0 Å². The molecule has 5 heteroatoms. The molecule has 2 aliphatic rings. The molecule has 0 radical (unpaired) electrons. The summed E-state index contributed by atoms with van der Waals surface area (Å²) in [7, 11) is 0. The van der Waals surface area contributed by atoms with Gasteiger partial charge in [-0.15, -0.1) is 11.3 Å². The van der Waals surface area contributed by atoms with E-state index in [1.54, 1.807) is 23.1 Å². The van der Waals surface area contributed by atoms with Crippen molar-refractivity contribution >= 4 is 33.3 Å². The first-order valence-electron chi connectivity index (χ1n) is 11.0. The third-order valence-corrected chi connectivity index (χ3v) is 8.60. The van der Waals surface area contributed by atoms with Gasteiger partial charge in [-0.1, -0.05) is 67.8 Å². The number of rotatable bonds is 4. The summed E-state index contributed by atoms with van der Waals surface area (Å²) in [5, 5.41) is 1.87. The average Bonchev–Trinajstić information content (AvgIpc) is 2.95. The number of thioether (sulfide) groups is 1. The first-order chi connectivity index (χ1) is 14.3. The van der Waals surface area contributed by atoms with Gasteiger partial charge in [-0.25, -0.2) is 4.98 Å². The Hall–Kier alpha value is -1.59. The second kappa shape index (κ2) is 8.65. The van der Waals surface area contributed by atoms with E-state index >= 15 is 0 Å². The summed E-state index contributed by atoms with van der Waals surface area (Å²) in [4.78, 5) is 21.3. The summed E-state index contributed by atoms with van der Waals surface area (Å²) in [6.45, 7) is 0. The van der Waals surface area contributed by atoms with Crippen molar-refractivity contribution in [2.24, 2.45) is 0 Å². The minimum Gasteiger partial charge on any atom is -0.284 e. The molecule has 0 amide bonds. The molecule has 3 nitrogen and oxygen atoms in total. The van der Waals surface area contributed by atoms with Gasteiger partial charge in [-0.05, 0) is 49.7 Å². The maximum absolute atomic E-state index is 13.8. The van der Waals surface area contributed by atoms with E-state index in [2.05, 4.69) is 34.9 Å². The van der Waals surface area contributed by atoms with E-state index in [1.807, 2.05) is 0 Å². The largest absolute Gasteiger partial charge is 0.284 e. The zero-order valence-corrected chi connectivity index (χ0v) is 18.5. The molecule has 0 spiro atoms. The van der Waals surface area contributed by atoms with Gasteiger partial charge >= 0.3 is 0 Å². The quantitative estimate of drug-likeness (QED) is 0.271. The maximum Gasteiger partial charge on any atom is 0.263 e. The van der Waals surface area contributed by atoms with Crippen LogP contribution < -0.4 is 5.56 Å². The molecule has 0 bridgehead atoms. The Balaban J connectivity index is 1.60. The molecule has 5 rings (SSSR count). The molecule has 0 unspecified atom stereocenters. The molecule has 1 fully saturated rings. The average molecular weight is 425 g/mol. The van der Waals surface area contributed by atoms with E-state index in [0.29, 0.717) is 6.04 Å². The molecule has 1 saturated carbocycles. The van der Waals surface area contributed by atoms with Crippen LogP contribution in [0.2, 0.25) is 0 Å².